The zero-order valence-corrected chi connectivity index (χ0v) is 10.9. The van der Waals surface area contributed by atoms with Gasteiger partial charge >= 0.3 is 5.97 Å². The Hall–Kier alpha value is -0.870. The van der Waals surface area contributed by atoms with Crippen LogP contribution in [0, 0.1) is 6.92 Å². The van der Waals surface area contributed by atoms with E-state index in [1.54, 1.807) is 11.3 Å². The van der Waals surface area contributed by atoms with Crippen LogP contribution in [-0.4, -0.2) is 19.1 Å². The highest BCUT2D eigenvalue weighted by molar-refractivity contribution is 7.10. The first-order valence-corrected chi connectivity index (χ1v) is 6.46. The molecule has 0 fully saturated rings. The minimum Gasteiger partial charge on any atom is -0.466 e. The third kappa shape index (κ3) is 3.94. The van der Waals surface area contributed by atoms with Crippen LogP contribution in [0.2, 0.25) is 0 Å². The van der Waals surface area contributed by atoms with Crippen LogP contribution in [0.25, 0.3) is 0 Å². The van der Waals surface area contributed by atoms with Gasteiger partial charge in [0.15, 0.2) is 0 Å². The lowest BCUT2D eigenvalue weighted by Crippen LogP contribution is -2.22. The summed E-state index contributed by atoms with van der Waals surface area (Å²) >= 11 is 1.75. The average molecular weight is 241 g/mol. The Morgan fingerprint density at radius 3 is 2.94 bits per heavy atom. The van der Waals surface area contributed by atoms with Crippen LogP contribution < -0.4 is 5.32 Å². The summed E-state index contributed by atoms with van der Waals surface area (Å²) in [6.45, 7) is 7.16. The van der Waals surface area contributed by atoms with E-state index in [-0.39, 0.29) is 5.97 Å². The van der Waals surface area contributed by atoms with Gasteiger partial charge in [-0.1, -0.05) is 0 Å². The van der Waals surface area contributed by atoms with Crippen molar-refractivity contribution >= 4 is 17.3 Å². The Morgan fingerprint density at radius 1 is 1.62 bits per heavy atom. The molecule has 1 unspecified atom stereocenters. The number of esters is 1. The summed E-state index contributed by atoms with van der Waals surface area (Å²) in [4.78, 5) is 12.5. The molecule has 3 nitrogen and oxygen atoms in total. The van der Waals surface area contributed by atoms with Crippen LogP contribution in [-0.2, 0) is 9.53 Å². The van der Waals surface area contributed by atoms with Gasteiger partial charge in [0.2, 0.25) is 0 Å². The van der Waals surface area contributed by atoms with Crippen LogP contribution >= 0.6 is 11.3 Å². The number of thiophene rings is 1. The van der Waals surface area contributed by atoms with Gasteiger partial charge in [0.25, 0.3) is 0 Å². The summed E-state index contributed by atoms with van der Waals surface area (Å²) < 4.78 is 4.86. The quantitative estimate of drug-likeness (QED) is 0.778. The highest BCUT2D eigenvalue weighted by atomic mass is 32.1. The molecule has 0 saturated heterocycles. The Bertz CT molecular complexity index is 336. The van der Waals surface area contributed by atoms with Crippen LogP contribution in [0.4, 0.5) is 0 Å². The molecule has 0 aromatic carbocycles. The average Bonchev–Trinajstić information content (AvgIpc) is 2.64. The topological polar surface area (TPSA) is 38.3 Å². The smallest absolute Gasteiger partial charge is 0.307 e. The van der Waals surface area contributed by atoms with Crippen molar-refractivity contribution in [2.75, 3.05) is 13.2 Å². The SMILES string of the molecule is CCOC(=O)CCNC(C)c1sccc1C. The van der Waals surface area contributed by atoms with E-state index in [1.807, 2.05) is 6.92 Å². The second kappa shape index (κ2) is 6.66. The van der Waals surface area contributed by atoms with E-state index >= 15 is 0 Å². The number of aryl methyl sites for hydroxylation is 1. The lowest BCUT2D eigenvalue weighted by molar-refractivity contribution is -0.142. The molecule has 0 aliphatic rings. The summed E-state index contributed by atoms with van der Waals surface area (Å²) in [5.74, 6) is -0.134. The molecule has 0 bridgehead atoms. The molecule has 1 heterocycles. The van der Waals surface area contributed by atoms with Crippen molar-refractivity contribution in [3.63, 3.8) is 0 Å². The van der Waals surface area contributed by atoms with Gasteiger partial charge in [-0.2, -0.15) is 0 Å². The minimum atomic E-state index is -0.134. The molecular weight excluding hydrogens is 222 g/mol. The Kier molecular flexibility index (Phi) is 5.49. The fraction of sp³-hybridized carbons (Fsp3) is 0.583. The predicted molar refractivity (Wildman–Crippen MR) is 66.7 cm³/mol. The van der Waals surface area contributed by atoms with Gasteiger partial charge in [0, 0.05) is 17.5 Å². The maximum absolute atomic E-state index is 11.1. The van der Waals surface area contributed by atoms with E-state index in [9.17, 15) is 4.79 Å². The number of carbonyl (C=O) groups excluding carboxylic acids is 1. The molecule has 0 aliphatic carbocycles. The highest BCUT2D eigenvalue weighted by Crippen LogP contribution is 2.23. The second-order valence-corrected chi connectivity index (χ2v) is 4.65. The van der Waals surface area contributed by atoms with Crippen molar-refractivity contribution in [3.8, 4) is 0 Å². The third-order valence-corrected chi connectivity index (χ3v) is 3.58. The fourth-order valence-corrected chi connectivity index (χ4v) is 2.50. The van der Waals surface area contributed by atoms with Crippen molar-refractivity contribution in [1.82, 2.24) is 5.32 Å². The minimum absolute atomic E-state index is 0.134. The number of rotatable bonds is 6. The first-order chi connectivity index (χ1) is 7.65. The third-order valence-electron chi connectivity index (χ3n) is 2.38. The number of carbonyl (C=O) groups is 1. The summed E-state index contributed by atoms with van der Waals surface area (Å²) in [5, 5.41) is 5.42. The van der Waals surface area contributed by atoms with Gasteiger partial charge in [-0.25, -0.2) is 0 Å². The first kappa shape index (κ1) is 13.2. The first-order valence-electron chi connectivity index (χ1n) is 5.58. The summed E-state index contributed by atoms with van der Waals surface area (Å²) in [6, 6.07) is 2.42. The lowest BCUT2D eigenvalue weighted by atomic mass is 10.2. The van der Waals surface area contributed by atoms with E-state index in [0.717, 1.165) is 0 Å². The molecule has 1 rings (SSSR count). The number of hydrogen-bond donors (Lipinski definition) is 1. The van der Waals surface area contributed by atoms with E-state index in [0.29, 0.717) is 25.6 Å². The molecule has 1 atom stereocenters. The Morgan fingerprint density at radius 2 is 2.38 bits per heavy atom. The Labute approximate surface area is 101 Å². The molecule has 0 spiro atoms. The fourth-order valence-electron chi connectivity index (χ4n) is 1.54. The number of hydrogen-bond acceptors (Lipinski definition) is 4. The van der Waals surface area contributed by atoms with Gasteiger partial charge < -0.3 is 10.1 Å². The normalized spacial score (nSPS) is 12.4. The summed E-state index contributed by atoms with van der Waals surface area (Å²) in [7, 11) is 0. The van der Waals surface area contributed by atoms with Gasteiger partial charge in [-0.05, 0) is 37.8 Å². The highest BCUT2D eigenvalue weighted by Gasteiger charge is 2.09. The van der Waals surface area contributed by atoms with Crippen LogP contribution in [0.15, 0.2) is 11.4 Å². The van der Waals surface area contributed by atoms with Gasteiger partial charge in [-0.15, -0.1) is 11.3 Å². The zero-order valence-electron chi connectivity index (χ0n) is 10.1. The van der Waals surface area contributed by atoms with E-state index < -0.39 is 0 Å². The second-order valence-electron chi connectivity index (χ2n) is 3.70. The standard InChI is InChI=1S/C12H19NO2S/c1-4-15-11(14)5-7-13-10(3)12-9(2)6-8-16-12/h6,8,10,13H,4-5,7H2,1-3H3. The summed E-state index contributed by atoms with van der Waals surface area (Å²) in [6.07, 6.45) is 0.433. The van der Waals surface area contributed by atoms with Crippen molar-refractivity contribution in [2.45, 2.75) is 33.2 Å². The molecule has 16 heavy (non-hydrogen) atoms. The monoisotopic (exact) mass is 241 g/mol. The Balaban J connectivity index is 2.28. The van der Waals surface area contributed by atoms with Crippen molar-refractivity contribution in [1.29, 1.82) is 0 Å². The molecule has 0 amide bonds. The van der Waals surface area contributed by atoms with Gasteiger partial charge in [0.1, 0.15) is 0 Å². The molecule has 0 aliphatic heterocycles. The van der Waals surface area contributed by atoms with Crippen LogP contribution in [0.1, 0.15) is 36.8 Å². The van der Waals surface area contributed by atoms with E-state index in [1.165, 1.54) is 10.4 Å². The van der Waals surface area contributed by atoms with Gasteiger partial charge in [-0.3, -0.25) is 4.79 Å². The van der Waals surface area contributed by atoms with Crippen LogP contribution in [0.3, 0.4) is 0 Å². The van der Waals surface area contributed by atoms with Crippen molar-refractivity contribution in [2.24, 2.45) is 0 Å². The maximum Gasteiger partial charge on any atom is 0.307 e. The van der Waals surface area contributed by atoms with Gasteiger partial charge in [0.05, 0.1) is 13.0 Å². The molecule has 90 valence electrons. The van der Waals surface area contributed by atoms with Crippen LogP contribution in [0.5, 0.6) is 0 Å². The predicted octanol–water partition coefficient (Wildman–Crippen LogP) is 2.66. The molecule has 0 radical (unpaired) electrons. The van der Waals surface area contributed by atoms with Crippen molar-refractivity contribution < 1.29 is 9.53 Å². The molecule has 0 saturated carbocycles. The molecule has 1 N–H and O–H groups in total. The maximum atomic E-state index is 11.1. The summed E-state index contributed by atoms with van der Waals surface area (Å²) in [5.41, 5.74) is 1.31. The van der Waals surface area contributed by atoms with Crippen molar-refractivity contribution in [3.05, 3.63) is 21.9 Å². The molecule has 1 aromatic heterocycles. The lowest BCUT2D eigenvalue weighted by Gasteiger charge is -2.12. The largest absolute Gasteiger partial charge is 0.466 e. The molecule has 4 heteroatoms. The zero-order chi connectivity index (χ0) is 12.0. The molecular formula is C12H19NO2S. The number of nitrogens with one attached hydrogen (secondary N) is 1. The molecule has 1 aromatic rings. The van der Waals surface area contributed by atoms with E-state index in [2.05, 4.69) is 30.6 Å². The van der Waals surface area contributed by atoms with E-state index in [4.69, 9.17) is 4.74 Å². The number of ether oxygens (including phenoxy) is 1.